The lowest BCUT2D eigenvalue weighted by Gasteiger charge is -2.32. The van der Waals surface area contributed by atoms with Gasteiger partial charge in [0.1, 0.15) is 24.2 Å². The number of hydrogen-bond donors (Lipinski definition) is 1. The Balaban J connectivity index is 2.11. The molecule has 0 bridgehead atoms. The molecule has 0 aliphatic heterocycles. The maximum absolute atomic E-state index is 14.5. The number of halogens is 2. The van der Waals surface area contributed by atoms with Crippen LogP contribution in [0, 0.1) is 5.82 Å². The molecule has 0 fully saturated rings. The second-order valence-corrected chi connectivity index (χ2v) is 10.3. The van der Waals surface area contributed by atoms with Gasteiger partial charge in [0.2, 0.25) is 11.8 Å². The molecule has 1 N–H and O–H groups in total. The molecule has 0 aromatic heterocycles. The molecule has 0 spiro atoms. The predicted octanol–water partition coefficient (Wildman–Crippen LogP) is 3.85. The van der Waals surface area contributed by atoms with Gasteiger partial charge in [-0.25, -0.2) is 12.8 Å². The van der Waals surface area contributed by atoms with E-state index < -0.39 is 40.2 Å². The zero-order valence-electron chi connectivity index (χ0n) is 20.5. The van der Waals surface area contributed by atoms with Crippen LogP contribution in [-0.2, 0) is 26.2 Å². The van der Waals surface area contributed by atoms with Crippen LogP contribution in [-0.4, -0.2) is 51.9 Å². The van der Waals surface area contributed by atoms with Crippen LogP contribution in [0.3, 0.4) is 0 Å². The van der Waals surface area contributed by atoms with Crippen molar-refractivity contribution in [1.82, 2.24) is 10.2 Å². The first-order chi connectivity index (χ1) is 17.6. The Labute approximate surface area is 220 Å². The second kappa shape index (κ2) is 12.1. The van der Waals surface area contributed by atoms with E-state index in [9.17, 15) is 22.4 Å². The van der Waals surface area contributed by atoms with Gasteiger partial charge in [-0.05, 0) is 43.3 Å². The van der Waals surface area contributed by atoms with Crippen LogP contribution >= 0.6 is 11.6 Å². The molecular formula is C26H27ClFN3O5S. The molecule has 11 heteroatoms. The minimum Gasteiger partial charge on any atom is -0.495 e. The standard InChI is InChI=1S/C26H27ClFN3O5S/c1-18(26(33)29-2)30(16-19-9-7-8-12-22(19)28)25(32)17-31(23-15-20(27)13-14-24(23)36-3)37(34,35)21-10-5-4-6-11-21/h4-15,18H,16-17H2,1-3H3,(H,29,33)/t18-/m1/s1. The molecule has 1 atom stereocenters. The maximum atomic E-state index is 14.5. The van der Waals surface area contributed by atoms with Gasteiger partial charge in [-0.1, -0.05) is 48.0 Å². The average Bonchev–Trinajstić information content (AvgIpc) is 2.90. The molecule has 3 aromatic carbocycles. The van der Waals surface area contributed by atoms with E-state index in [-0.39, 0.29) is 33.5 Å². The first-order valence-electron chi connectivity index (χ1n) is 11.3. The Bertz CT molecular complexity index is 1370. The Morgan fingerprint density at radius 3 is 2.32 bits per heavy atom. The lowest BCUT2D eigenvalue weighted by molar-refractivity contribution is -0.139. The number of carbonyl (C=O) groups excluding carboxylic acids is 2. The summed E-state index contributed by atoms with van der Waals surface area (Å²) in [5.41, 5.74) is 0.204. The topological polar surface area (TPSA) is 96.0 Å². The van der Waals surface area contributed by atoms with Crippen LogP contribution in [0.25, 0.3) is 0 Å². The van der Waals surface area contributed by atoms with Crippen molar-refractivity contribution in [2.24, 2.45) is 0 Å². The van der Waals surface area contributed by atoms with E-state index in [1.807, 2.05) is 0 Å². The van der Waals surface area contributed by atoms with Gasteiger partial charge in [-0.15, -0.1) is 0 Å². The fourth-order valence-corrected chi connectivity index (χ4v) is 5.30. The van der Waals surface area contributed by atoms with E-state index in [0.717, 1.165) is 9.21 Å². The van der Waals surface area contributed by atoms with Crippen molar-refractivity contribution in [3.8, 4) is 5.75 Å². The van der Waals surface area contributed by atoms with Gasteiger partial charge in [-0.3, -0.25) is 13.9 Å². The van der Waals surface area contributed by atoms with Crippen molar-refractivity contribution in [3.05, 3.63) is 89.2 Å². The summed E-state index contributed by atoms with van der Waals surface area (Å²) < 4.78 is 48.2. The normalized spacial score (nSPS) is 11.9. The van der Waals surface area contributed by atoms with Gasteiger partial charge in [0, 0.05) is 24.2 Å². The zero-order valence-corrected chi connectivity index (χ0v) is 22.1. The summed E-state index contributed by atoms with van der Waals surface area (Å²) >= 11 is 6.18. The highest BCUT2D eigenvalue weighted by Crippen LogP contribution is 2.35. The first kappa shape index (κ1) is 27.9. The zero-order chi connectivity index (χ0) is 27.2. The Kier molecular flexibility index (Phi) is 9.12. The lowest BCUT2D eigenvalue weighted by Crippen LogP contribution is -2.50. The van der Waals surface area contributed by atoms with Gasteiger partial charge >= 0.3 is 0 Å². The SMILES string of the molecule is CNC(=O)[C@@H](C)N(Cc1ccccc1F)C(=O)CN(c1cc(Cl)ccc1OC)S(=O)(=O)c1ccccc1. The van der Waals surface area contributed by atoms with E-state index >= 15 is 0 Å². The minimum atomic E-state index is -4.29. The predicted molar refractivity (Wildman–Crippen MR) is 139 cm³/mol. The number of likely N-dealkylation sites (N-methyl/N-ethyl adjacent to an activating group) is 1. The molecule has 196 valence electrons. The molecule has 2 amide bonds. The number of nitrogens with zero attached hydrogens (tertiary/aromatic N) is 2. The smallest absolute Gasteiger partial charge is 0.264 e. The van der Waals surface area contributed by atoms with Crippen LogP contribution < -0.4 is 14.4 Å². The molecule has 0 aliphatic carbocycles. The van der Waals surface area contributed by atoms with Crippen LogP contribution in [0.15, 0.2) is 77.7 Å². The lowest BCUT2D eigenvalue weighted by atomic mass is 10.1. The van der Waals surface area contributed by atoms with Crippen molar-refractivity contribution in [3.63, 3.8) is 0 Å². The van der Waals surface area contributed by atoms with Crippen LogP contribution in [0.2, 0.25) is 5.02 Å². The third kappa shape index (κ3) is 6.39. The largest absolute Gasteiger partial charge is 0.495 e. The average molecular weight is 548 g/mol. The number of methoxy groups -OCH3 is 1. The molecule has 37 heavy (non-hydrogen) atoms. The number of sulfonamides is 1. The Morgan fingerprint density at radius 2 is 1.70 bits per heavy atom. The fraction of sp³-hybridized carbons (Fsp3) is 0.231. The van der Waals surface area contributed by atoms with E-state index in [2.05, 4.69) is 5.32 Å². The van der Waals surface area contributed by atoms with Gasteiger partial charge in [0.25, 0.3) is 10.0 Å². The van der Waals surface area contributed by atoms with E-state index in [4.69, 9.17) is 16.3 Å². The number of anilines is 1. The summed E-state index contributed by atoms with van der Waals surface area (Å²) in [5, 5.41) is 2.69. The third-order valence-corrected chi connectivity index (χ3v) is 7.74. The summed E-state index contributed by atoms with van der Waals surface area (Å²) in [6, 6.07) is 16.8. The summed E-state index contributed by atoms with van der Waals surface area (Å²) in [6.07, 6.45) is 0. The molecule has 0 saturated carbocycles. The molecule has 0 unspecified atom stereocenters. The minimum absolute atomic E-state index is 0.0330. The monoisotopic (exact) mass is 547 g/mol. The van der Waals surface area contributed by atoms with Crippen LogP contribution in [0.5, 0.6) is 5.75 Å². The van der Waals surface area contributed by atoms with E-state index in [1.54, 1.807) is 24.3 Å². The highest BCUT2D eigenvalue weighted by molar-refractivity contribution is 7.92. The number of amides is 2. The Morgan fingerprint density at radius 1 is 1.05 bits per heavy atom. The summed E-state index contributed by atoms with van der Waals surface area (Å²) in [5.74, 6) is -1.63. The van der Waals surface area contributed by atoms with Gasteiger partial charge in [-0.2, -0.15) is 0 Å². The fourth-order valence-electron chi connectivity index (χ4n) is 3.69. The van der Waals surface area contributed by atoms with Gasteiger partial charge in [0.05, 0.1) is 17.7 Å². The number of nitrogens with one attached hydrogen (secondary N) is 1. The highest BCUT2D eigenvalue weighted by atomic mass is 35.5. The molecular weight excluding hydrogens is 521 g/mol. The maximum Gasteiger partial charge on any atom is 0.264 e. The number of ether oxygens (including phenoxy) is 1. The number of hydrogen-bond acceptors (Lipinski definition) is 5. The van der Waals surface area contributed by atoms with Crippen molar-refractivity contribution >= 4 is 39.1 Å². The van der Waals surface area contributed by atoms with Crippen molar-refractivity contribution in [2.45, 2.75) is 24.4 Å². The number of carbonyl (C=O) groups is 2. The quantitative estimate of drug-likeness (QED) is 0.416. The summed E-state index contributed by atoms with van der Waals surface area (Å²) in [6.45, 7) is 0.517. The molecule has 0 aliphatic rings. The van der Waals surface area contributed by atoms with Crippen molar-refractivity contribution in [2.75, 3.05) is 25.0 Å². The first-order valence-corrected chi connectivity index (χ1v) is 13.1. The summed E-state index contributed by atoms with van der Waals surface area (Å²) in [4.78, 5) is 27.3. The third-order valence-electron chi connectivity index (χ3n) is 5.73. The van der Waals surface area contributed by atoms with E-state index in [1.165, 1.54) is 69.6 Å². The van der Waals surface area contributed by atoms with E-state index in [0.29, 0.717) is 0 Å². The number of benzene rings is 3. The van der Waals surface area contributed by atoms with Crippen LogP contribution in [0.1, 0.15) is 12.5 Å². The van der Waals surface area contributed by atoms with Gasteiger partial charge < -0.3 is 15.0 Å². The molecule has 3 rings (SSSR count). The molecule has 3 aromatic rings. The summed E-state index contributed by atoms with van der Waals surface area (Å²) in [7, 11) is -1.52. The molecule has 8 nitrogen and oxygen atoms in total. The molecule has 0 radical (unpaired) electrons. The van der Waals surface area contributed by atoms with Crippen molar-refractivity contribution in [1.29, 1.82) is 0 Å². The highest BCUT2D eigenvalue weighted by Gasteiger charge is 2.34. The van der Waals surface area contributed by atoms with Gasteiger partial charge in [0.15, 0.2) is 0 Å². The molecule has 0 saturated heterocycles. The Hall–Kier alpha value is -3.63. The molecule has 0 heterocycles. The van der Waals surface area contributed by atoms with Crippen molar-refractivity contribution < 1.29 is 27.1 Å². The number of rotatable bonds is 10. The second-order valence-electron chi connectivity index (χ2n) is 8.04. The van der Waals surface area contributed by atoms with Crippen LogP contribution in [0.4, 0.5) is 10.1 Å².